The Bertz CT molecular complexity index is 585. The summed E-state index contributed by atoms with van der Waals surface area (Å²) in [7, 11) is 0. The molecule has 6 heteroatoms. The van der Waals surface area contributed by atoms with Crippen molar-refractivity contribution in [1.29, 1.82) is 0 Å². The average molecular weight is 347 g/mol. The summed E-state index contributed by atoms with van der Waals surface area (Å²) in [4.78, 5) is 10.9. The van der Waals surface area contributed by atoms with Crippen LogP contribution in [-0.4, -0.2) is 11.1 Å². The van der Waals surface area contributed by atoms with E-state index in [9.17, 15) is 4.79 Å². The first-order valence-electron chi connectivity index (χ1n) is 5.05. The molecule has 0 aliphatic carbocycles. The third-order valence-corrected chi connectivity index (χ3v) is 4.53. The molecule has 0 bridgehead atoms. The Labute approximate surface area is 122 Å². The minimum Gasteiger partial charge on any atom is -0.478 e. The van der Waals surface area contributed by atoms with Gasteiger partial charge in [-0.3, -0.25) is 0 Å². The molecule has 0 saturated carbocycles. The molecule has 2 aromatic rings. The molecule has 0 radical (unpaired) electrons. The van der Waals surface area contributed by atoms with Gasteiger partial charge in [0.15, 0.2) is 0 Å². The Hall–Kier alpha value is -1.04. The molecule has 18 heavy (non-hydrogen) atoms. The summed E-state index contributed by atoms with van der Waals surface area (Å²) in [6.07, 6.45) is 0. The van der Waals surface area contributed by atoms with Crippen LogP contribution >= 0.6 is 38.9 Å². The van der Waals surface area contributed by atoms with E-state index in [0.29, 0.717) is 6.54 Å². The molecule has 3 nitrogen and oxygen atoms in total. The quantitative estimate of drug-likeness (QED) is 0.858. The van der Waals surface area contributed by atoms with E-state index in [1.165, 1.54) is 6.07 Å². The van der Waals surface area contributed by atoms with E-state index in [1.807, 2.05) is 10.8 Å². The standard InChI is InChI=1S/C12H9BrClNO2S/c13-10-6-18-5-7(10)4-15-8-1-2-11(14)9(3-8)12(16)17/h1-3,5-6,15H,4H2,(H,16,17). The third kappa shape index (κ3) is 3.04. The number of carboxylic acid groups (broad SMARTS) is 1. The highest BCUT2D eigenvalue weighted by Crippen LogP contribution is 2.24. The van der Waals surface area contributed by atoms with Gasteiger partial charge in [-0.1, -0.05) is 11.6 Å². The van der Waals surface area contributed by atoms with Gasteiger partial charge in [0.05, 0.1) is 10.6 Å². The number of nitrogens with one attached hydrogen (secondary N) is 1. The Balaban J connectivity index is 2.13. The molecule has 1 heterocycles. The molecule has 0 unspecified atom stereocenters. The number of benzene rings is 1. The number of hydrogen-bond donors (Lipinski definition) is 2. The van der Waals surface area contributed by atoms with E-state index >= 15 is 0 Å². The molecule has 0 spiro atoms. The van der Waals surface area contributed by atoms with Crippen LogP contribution in [-0.2, 0) is 6.54 Å². The van der Waals surface area contributed by atoms with Crippen LogP contribution in [0.1, 0.15) is 15.9 Å². The molecule has 1 aromatic carbocycles. The molecule has 0 atom stereocenters. The fourth-order valence-electron chi connectivity index (χ4n) is 1.43. The van der Waals surface area contributed by atoms with Crippen molar-refractivity contribution in [2.24, 2.45) is 0 Å². The monoisotopic (exact) mass is 345 g/mol. The van der Waals surface area contributed by atoms with E-state index in [0.717, 1.165) is 15.7 Å². The largest absolute Gasteiger partial charge is 0.478 e. The molecule has 2 N–H and O–H groups in total. The molecule has 0 amide bonds. The Morgan fingerprint density at radius 3 is 2.83 bits per heavy atom. The highest BCUT2D eigenvalue weighted by Gasteiger charge is 2.09. The van der Waals surface area contributed by atoms with Gasteiger partial charge >= 0.3 is 5.97 Å². The van der Waals surface area contributed by atoms with Crippen LogP contribution in [0.15, 0.2) is 33.4 Å². The predicted octanol–water partition coefficient (Wildman–Crippen LogP) is 4.47. The van der Waals surface area contributed by atoms with Gasteiger partial charge in [0.2, 0.25) is 0 Å². The van der Waals surface area contributed by atoms with E-state index < -0.39 is 5.97 Å². The van der Waals surface area contributed by atoms with Crippen molar-refractivity contribution in [3.8, 4) is 0 Å². The van der Waals surface area contributed by atoms with Crippen molar-refractivity contribution in [2.75, 3.05) is 5.32 Å². The Morgan fingerprint density at radius 2 is 2.22 bits per heavy atom. The first-order valence-corrected chi connectivity index (χ1v) is 7.16. The fourth-order valence-corrected chi connectivity index (χ4v) is 3.07. The number of thiophene rings is 1. The van der Waals surface area contributed by atoms with Gasteiger partial charge in [0.1, 0.15) is 0 Å². The Kier molecular flexibility index (Phi) is 4.27. The van der Waals surface area contributed by atoms with Crippen molar-refractivity contribution in [2.45, 2.75) is 6.54 Å². The van der Waals surface area contributed by atoms with Crippen LogP contribution in [0.25, 0.3) is 0 Å². The van der Waals surface area contributed by atoms with Crippen LogP contribution < -0.4 is 5.32 Å². The topological polar surface area (TPSA) is 49.3 Å². The predicted molar refractivity (Wildman–Crippen MR) is 77.8 cm³/mol. The molecule has 0 fully saturated rings. The smallest absolute Gasteiger partial charge is 0.337 e. The van der Waals surface area contributed by atoms with Crippen molar-refractivity contribution in [1.82, 2.24) is 0 Å². The summed E-state index contributed by atoms with van der Waals surface area (Å²) >= 11 is 10.9. The average Bonchev–Trinajstić information content (AvgIpc) is 2.73. The van der Waals surface area contributed by atoms with Gasteiger partial charge in [-0.25, -0.2) is 4.79 Å². The van der Waals surface area contributed by atoms with E-state index in [-0.39, 0.29) is 10.6 Å². The van der Waals surface area contributed by atoms with Crippen molar-refractivity contribution in [3.63, 3.8) is 0 Å². The number of aromatic carboxylic acids is 1. The lowest BCUT2D eigenvalue weighted by Crippen LogP contribution is -2.02. The number of halogens is 2. The molecule has 2 rings (SSSR count). The van der Waals surface area contributed by atoms with E-state index in [2.05, 4.69) is 21.2 Å². The Morgan fingerprint density at radius 1 is 1.44 bits per heavy atom. The second-order valence-corrected chi connectivity index (χ2v) is 5.60. The highest BCUT2D eigenvalue weighted by molar-refractivity contribution is 9.10. The molecular weight excluding hydrogens is 338 g/mol. The van der Waals surface area contributed by atoms with Gasteiger partial charge in [0.25, 0.3) is 0 Å². The normalized spacial score (nSPS) is 10.3. The van der Waals surface area contributed by atoms with Crippen molar-refractivity contribution >= 4 is 50.5 Å². The molecule has 1 aromatic heterocycles. The zero-order chi connectivity index (χ0) is 13.1. The second-order valence-electron chi connectivity index (χ2n) is 3.60. The fraction of sp³-hybridized carbons (Fsp3) is 0.0833. The maximum Gasteiger partial charge on any atom is 0.337 e. The van der Waals surface area contributed by atoms with Crippen LogP contribution in [0.3, 0.4) is 0 Å². The molecule has 0 saturated heterocycles. The number of carbonyl (C=O) groups is 1. The van der Waals surface area contributed by atoms with Crippen molar-refractivity contribution in [3.05, 3.63) is 49.6 Å². The lowest BCUT2D eigenvalue weighted by molar-refractivity contribution is 0.0697. The van der Waals surface area contributed by atoms with Crippen LogP contribution in [0.2, 0.25) is 5.02 Å². The lowest BCUT2D eigenvalue weighted by Gasteiger charge is -2.07. The van der Waals surface area contributed by atoms with E-state index in [4.69, 9.17) is 16.7 Å². The zero-order valence-electron chi connectivity index (χ0n) is 9.11. The SMILES string of the molecule is O=C(O)c1cc(NCc2cscc2Br)ccc1Cl. The molecule has 94 valence electrons. The summed E-state index contributed by atoms with van der Waals surface area (Å²) in [5.41, 5.74) is 1.97. The first kappa shape index (κ1) is 13.4. The van der Waals surface area contributed by atoms with Crippen molar-refractivity contribution < 1.29 is 9.90 Å². The third-order valence-electron chi connectivity index (χ3n) is 2.37. The first-order chi connectivity index (χ1) is 8.58. The molecule has 0 aliphatic rings. The van der Waals surface area contributed by atoms with Gasteiger partial charge in [-0.2, -0.15) is 11.3 Å². The van der Waals surface area contributed by atoms with Gasteiger partial charge < -0.3 is 10.4 Å². The highest BCUT2D eigenvalue weighted by atomic mass is 79.9. The van der Waals surface area contributed by atoms with Crippen LogP contribution in [0.4, 0.5) is 5.69 Å². The number of anilines is 1. The van der Waals surface area contributed by atoms with Gasteiger partial charge in [-0.05, 0) is 45.1 Å². The van der Waals surface area contributed by atoms with Gasteiger partial charge in [0, 0.05) is 22.1 Å². The maximum atomic E-state index is 10.9. The number of hydrogen-bond acceptors (Lipinski definition) is 3. The summed E-state index contributed by atoms with van der Waals surface area (Å²) in [6, 6.07) is 4.87. The molecule has 0 aliphatic heterocycles. The summed E-state index contributed by atoms with van der Waals surface area (Å²) in [5.74, 6) is -1.03. The summed E-state index contributed by atoms with van der Waals surface area (Å²) in [6.45, 7) is 0.630. The van der Waals surface area contributed by atoms with E-state index in [1.54, 1.807) is 23.5 Å². The summed E-state index contributed by atoms with van der Waals surface area (Å²) < 4.78 is 1.05. The number of carboxylic acids is 1. The van der Waals surface area contributed by atoms with Crippen LogP contribution in [0, 0.1) is 0 Å². The van der Waals surface area contributed by atoms with Gasteiger partial charge in [-0.15, -0.1) is 0 Å². The second kappa shape index (κ2) is 5.73. The minimum absolute atomic E-state index is 0.103. The zero-order valence-corrected chi connectivity index (χ0v) is 12.3. The lowest BCUT2D eigenvalue weighted by atomic mass is 10.2. The summed E-state index contributed by atoms with van der Waals surface area (Å²) in [5, 5.41) is 16.4. The maximum absolute atomic E-state index is 10.9. The number of rotatable bonds is 4. The molecular formula is C12H9BrClNO2S. The van der Waals surface area contributed by atoms with Crippen LogP contribution in [0.5, 0.6) is 0 Å². The minimum atomic E-state index is -1.03.